The molecular formula is C31H36Cl2FN5O4. The highest BCUT2D eigenvalue weighted by molar-refractivity contribution is 6.35. The maximum absolute atomic E-state index is 14.9. The van der Waals surface area contributed by atoms with Crippen LogP contribution in [0.1, 0.15) is 69.7 Å². The normalized spacial score (nSPS) is 18.4. The minimum absolute atomic E-state index is 0.0219. The predicted octanol–water partition coefficient (Wildman–Crippen LogP) is 6.54. The SMILES string of the molecule is CC1c2c(Cl)cc(Cl)cc2CCN1C(=O)CNc1cc(NC(=O)C[C@@H]2CCCN(C(=O)OC(C)(C)C)C2)c(C#N)cc1F. The van der Waals surface area contributed by atoms with E-state index in [-0.39, 0.29) is 53.7 Å². The van der Waals surface area contributed by atoms with Crippen molar-refractivity contribution in [1.82, 2.24) is 9.80 Å². The number of carbonyl (C=O) groups excluding carboxylic acids is 3. The van der Waals surface area contributed by atoms with Gasteiger partial charge in [0.1, 0.15) is 17.5 Å². The molecule has 0 spiro atoms. The van der Waals surface area contributed by atoms with E-state index in [0.29, 0.717) is 36.1 Å². The molecule has 2 N–H and O–H groups in total. The average molecular weight is 633 g/mol. The lowest BCUT2D eigenvalue weighted by atomic mass is 9.93. The molecular weight excluding hydrogens is 596 g/mol. The summed E-state index contributed by atoms with van der Waals surface area (Å²) in [7, 11) is 0. The molecule has 0 bridgehead atoms. The molecule has 2 aliphatic rings. The maximum Gasteiger partial charge on any atom is 0.410 e. The number of halogens is 3. The van der Waals surface area contributed by atoms with Gasteiger partial charge in [-0.15, -0.1) is 0 Å². The number of anilines is 2. The van der Waals surface area contributed by atoms with Crippen LogP contribution < -0.4 is 10.6 Å². The van der Waals surface area contributed by atoms with Crippen molar-refractivity contribution < 1.29 is 23.5 Å². The van der Waals surface area contributed by atoms with Gasteiger partial charge in [0.25, 0.3) is 0 Å². The molecule has 43 heavy (non-hydrogen) atoms. The van der Waals surface area contributed by atoms with Gasteiger partial charge in [0.05, 0.1) is 29.5 Å². The zero-order chi connectivity index (χ0) is 31.5. The van der Waals surface area contributed by atoms with Gasteiger partial charge < -0.3 is 25.2 Å². The molecule has 12 heteroatoms. The van der Waals surface area contributed by atoms with Crippen LogP contribution in [0.25, 0.3) is 0 Å². The van der Waals surface area contributed by atoms with Gasteiger partial charge in [0, 0.05) is 36.1 Å². The Labute approximate surface area is 261 Å². The number of benzene rings is 2. The van der Waals surface area contributed by atoms with Crippen molar-refractivity contribution in [1.29, 1.82) is 5.26 Å². The minimum atomic E-state index is -0.725. The fourth-order valence-corrected chi connectivity index (χ4v) is 6.30. The Kier molecular flexibility index (Phi) is 10.1. The molecule has 230 valence electrons. The summed E-state index contributed by atoms with van der Waals surface area (Å²) in [5, 5.41) is 16.1. The van der Waals surface area contributed by atoms with Crippen LogP contribution >= 0.6 is 23.2 Å². The summed E-state index contributed by atoms with van der Waals surface area (Å²) >= 11 is 12.6. The third-order valence-electron chi connectivity index (χ3n) is 7.58. The highest BCUT2D eigenvalue weighted by Gasteiger charge is 2.31. The number of nitrogens with zero attached hydrogens (tertiary/aromatic N) is 3. The first kappa shape index (κ1) is 32.4. The number of rotatable bonds is 6. The highest BCUT2D eigenvalue weighted by Crippen LogP contribution is 2.37. The molecule has 0 saturated carbocycles. The van der Waals surface area contributed by atoms with Crippen molar-refractivity contribution in [2.45, 2.75) is 65.0 Å². The molecule has 2 atom stereocenters. The van der Waals surface area contributed by atoms with Gasteiger partial charge in [-0.25, -0.2) is 9.18 Å². The first-order valence-corrected chi connectivity index (χ1v) is 15.0. The van der Waals surface area contributed by atoms with E-state index in [1.165, 1.54) is 6.07 Å². The average Bonchev–Trinajstić information content (AvgIpc) is 2.91. The molecule has 2 aromatic carbocycles. The second-order valence-electron chi connectivity index (χ2n) is 12.0. The van der Waals surface area contributed by atoms with Gasteiger partial charge in [0.2, 0.25) is 11.8 Å². The van der Waals surface area contributed by atoms with Crippen molar-refractivity contribution in [3.63, 3.8) is 0 Å². The molecule has 9 nitrogen and oxygen atoms in total. The zero-order valence-electron chi connectivity index (χ0n) is 24.7. The largest absolute Gasteiger partial charge is 0.444 e. The molecule has 0 aromatic heterocycles. The summed E-state index contributed by atoms with van der Waals surface area (Å²) in [5.74, 6) is -1.44. The number of carbonyl (C=O) groups is 3. The van der Waals surface area contributed by atoms with E-state index in [9.17, 15) is 24.0 Å². The number of hydrogen-bond acceptors (Lipinski definition) is 6. The lowest BCUT2D eigenvalue weighted by Crippen LogP contribution is -2.43. The number of piperidine rings is 1. The maximum atomic E-state index is 14.9. The van der Waals surface area contributed by atoms with Crippen LogP contribution in [0.5, 0.6) is 0 Å². The molecule has 1 fully saturated rings. The van der Waals surface area contributed by atoms with E-state index in [1.54, 1.807) is 36.6 Å². The lowest BCUT2D eigenvalue weighted by molar-refractivity contribution is -0.131. The van der Waals surface area contributed by atoms with Gasteiger partial charge in [-0.1, -0.05) is 23.2 Å². The van der Waals surface area contributed by atoms with Gasteiger partial charge in [-0.05, 0) is 88.3 Å². The van der Waals surface area contributed by atoms with Crippen molar-refractivity contribution >= 4 is 52.5 Å². The van der Waals surface area contributed by atoms with Gasteiger partial charge in [-0.3, -0.25) is 9.59 Å². The molecule has 3 amide bonds. The molecule has 2 aromatic rings. The second kappa shape index (κ2) is 13.4. The predicted molar refractivity (Wildman–Crippen MR) is 164 cm³/mol. The minimum Gasteiger partial charge on any atom is -0.444 e. The number of ether oxygens (including phenoxy) is 1. The van der Waals surface area contributed by atoms with E-state index in [2.05, 4.69) is 10.6 Å². The van der Waals surface area contributed by atoms with Crippen molar-refractivity contribution in [3.05, 3.63) is 56.8 Å². The van der Waals surface area contributed by atoms with E-state index in [0.717, 1.165) is 30.0 Å². The lowest BCUT2D eigenvalue weighted by Gasteiger charge is -2.36. The fourth-order valence-electron chi connectivity index (χ4n) is 5.61. The van der Waals surface area contributed by atoms with Crippen LogP contribution in [0.4, 0.5) is 20.6 Å². The summed E-state index contributed by atoms with van der Waals surface area (Å²) < 4.78 is 20.4. The smallest absolute Gasteiger partial charge is 0.410 e. The number of hydrogen-bond donors (Lipinski definition) is 2. The van der Waals surface area contributed by atoms with E-state index < -0.39 is 17.5 Å². The summed E-state index contributed by atoms with van der Waals surface area (Å²) in [6, 6.07) is 7.46. The Morgan fingerprint density at radius 2 is 1.88 bits per heavy atom. The number of fused-ring (bicyclic) bond motifs is 1. The monoisotopic (exact) mass is 631 g/mol. The van der Waals surface area contributed by atoms with Crippen LogP contribution in [0.3, 0.4) is 0 Å². The molecule has 0 aliphatic carbocycles. The Morgan fingerprint density at radius 3 is 2.58 bits per heavy atom. The van der Waals surface area contributed by atoms with Gasteiger partial charge in [0.15, 0.2) is 0 Å². The van der Waals surface area contributed by atoms with Crippen molar-refractivity contribution in [2.24, 2.45) is 5.92 Å². The number of nitriles is 1. The van der Waals surface area contributed by atoms with Crippen LogP contribution in [0.2, 0.25) is 10.0 Å². The first-order chi connectivity index (χ1) is 20.3. The van der Waals surface area contributed by atoms with Crippen molar-refractivity contribution in [2.75, 3.05) is 36.8 Å². The third-order valence-corrected chi connectivity index (χ3v) is 8.12. The highest BCUT2D eigenvalue weighted by atomic mass is 35.5. The van der Waals surface area contributed by atoms with Crippen molar-refractivity contribution in [3.8, 4) is 6.07 Å². The second-order valence-corrected chi connectivity index (χ2v) is 12.8. The number of likely N-dealkylation sites (tertiary alicyclic amines) is 1. The Morgan fingerprint density at radius 1 is 1.14 bits per heavy atom. The summed E-state index contributed by atoms with van der Waals surface area (Å²) in [5.41, 5.74) is 1.28. The Bertz CT molecular complexity index is 1460. The van der Waals surface area contributed by atoms with Crippen LogP contribution in [0, 0.1) is 23.1 Å². The van der Waals surface area contributed by atoms with E-state index in [1.807, 2.05) is 19.1 Å². The van der Waals surface area contributed by atoms with Crippen LogP contribution in [-0.4, -0.2) is 59.5 Å². The first-order valence-electron chi connectivity index (χ1n) is 14.3. The molecule has 4 rings (SSSR count). The van der Waals surface area contributed by atoms with Gasteiger partial charge >= 0.3 is 6.09 Å². The standard InChI is InChI=1S/C31H36Cl2FN5O4/c1-18-29-20(11-22(32)13-23(29)33)7-9-39(18)28(41)16-36-26-14-25(21(15-35)12-24(26)34)37-27(40)10-19-6-5-8-38(17-19)30(42)43-31(2,3)4/h11-14,18-19,36H,5-10,16-17H2,1-4H3,(H,37,40)/t18?,19-/m0/s1. The third kappa shape index (κ3) is 8.09. The Balaban J connectivity index is 1.39. The molecule has 1 saturated heterocycles. The van der Waals surface area contributed by atoms with Crippen LogP contribution in [-0.2, 0) is 20.7 Å². The van der Waals surface area contributed by atoms with Crippen LogP contribution in [0.15, 0.2) is 24.3 Å². The van der Waals surface area contributed by atoms with E-state index >= 15 is 0 Å². The molecule has 0 radical (unpaired) electrons. The zero-order valence-corrected chi connectivity index (χ0v) is 26.2. The quantitative estimate of drug-likeness (QED) is 0.374. The topological polar surface area (TPSA) is 115 Å². The Hall–Kier alpha value is -3.55. The van der Waals surface area contributed by atoms with E-state index in [4.69, 9.17) is 27.9 Å². The molecule has 2 heterocycles. The number of nitrogens with one attached hydrogen (secondary N) is 2. The number of amides is 3. The molecule has 2 aliphatic heterocycles. The molecule has 1 unspecified atom stereocenters. The summed E-state index contributed by atoms with van der Waals surface area (Å²) in [4.78, 5) is 41.9. The summed E-state index contributed by atoms with van der Waals surface area (Å²) in [6.07, 6.45) is 1.78. The summed E-state index contributed by atoms with van der Waals surface area (Å²) in [6.45, 7) is 8.46. The fraction of sp³-hybridized carbons (Fsp3) is 0.484. The van der Waals surface area contributed by atoms with Gasteiger partial charge in [-0.2, -0.15) is 5.26 Å².